The fourth-order valence-corrected chi connectivity index (χ4v) is 2.03. The Hall–Kier alpha value is -1.16. The summed E-state index contributed by atoms with van der Waals surface area (Å²) in [5.41, 5.74) is 2.92. The molecule has 0 saturated heterocycles. The van der Waals surface area contributed by atoms with Crippen molar-refractivity contribution in [1.82, 2.24) is 4.98 Å². The van der Waals surface area contributed by atoms with Crippen molar-refractivity contribution in [2.24, 2.45) is 0 Å². The van der Waals surface area contributed by atoms with Crippen LogP contribution < -0.4 is 4.72 Å². The number of hydrogen-bond acceptors (Lipinski definition) is 2. The third kappa shape index (κ3) is 1.70. The molecular weight excluding hydrogens is 196 g/mol. The maximum atomic E-state index is 11.2. The van der Waals surface area contributed by atoms with Crippen molar-refractivity contribution < 1.29 is 4.21 Å². The van der Waals surface area contributed by atoms with Crippen molar-refractivity contribution in [2.45, 2.75) is 19.8 Å². The van der Waals surface area contributed by atoms with E-state index >= 15 is 0 Å². The van der Waals surface area contributed by atoms with Gasteiger partial charge in [0.05, 0.1) is 5.69 Å². The van der Waals surface area contributed by atoms with Gasteiger partial charge >= 0.3 is 0 Å². The van der Waals surface area contributed by atoms with E-state index < -0.39 is 11.0 Å². The molecule has 0 spiro atoms. The first-order chi connectivity index (χ1) is 6.66. The van der Waals surface area contributed by atoms with Crippen LogP contribution in [0.3, 0.4) is 0 Å². The molecule has 2 heterocycles. The van der Waals surface area contributed by atoms with E-state index in [0.29, 0.717) is 5.92 Å². The van der Waals surface area contributed by atoms with Crippen molar-refractivity contribution in [3.05, 3.63) is 28.9 Å². The zero-order valence-electron chi connectivity index (χ0n) is 8.15. The number of nitrogens with zero attached hydrogens (tertiary/aromatic N) is 1. The molecule has 0 radical (unpaired) electrons. The molecule has 1 aliphatic rings. The van der Waals surface area contributed by atoms with Crippen LogP contribution >= 0.6 is 0 Å². The topological polar surface area (TPSA) is 42.0 Å². The third-order valence-corrected chi connectivity index (χ3v) is 2.93. The lowest BCUT2D eigenvalue weighted by atomic mass is 10.1. The molecule has 1 N–H and O–H groups in total. The van der Waals surface area contributed by atoms with Gasteiger partial charge in [-0.25, -0.2) is 4.21 Å². The molecule has 1 aromatic heterocycles. The van der Waals surface area contributed by atoms with E-state index in [2.05, 4.69) is 23.6 Å². The van der Waals surface area contributed by atoms with Crippen molar-refractivity contribution in [3.8, 4) is 0 Å². The highest BCUT2D eigenvalue weighted by Gasteiger charge is 2.10. The Bertz CT molecular complexity index is 413. The number of nitrogens with one attached hydrogen (secondary N) is 1. The maximum Gasteiger partial charge on any atom is 0.142 e. The van der Waals surface area contributed by atoms with E-state index in [1.165, 1.54) is 0 Å². The van der Waals surface area contributed by atoms with E-state index in [0.717, 1.165) is 16.9 Å². The first kappa shape index (κ1) is 9.40. The summed E-state index contributed by atoms with van der Waals surface area (Å²) in [5, 5.41) is 1.62. The van der Waals surface area contributed by atoms with Gasteiger partial charge in [-0.2, -0.15) is 0 Å². The Balaban J connectivity index is 2.44. The van der Waals surface area contributed by atoms with Gasteiger partial charge in [0, 0.05) is 22.9 Å². The molecule has 1 atom stereocenters. The van der Waals surface area contributed by atoms with Crippen molar-refractivity contribution in [2.75, 3.05) is 4.72 Å². The number of aromatic nitrogens is 1. The Morgan fingerprint density at radius 1 is 1.50 bits per heavy atom. The molecular formula is C10H12N2OS. The normalized spacial score (nSPS) is 19.2. The maximum absolute atomic E-state index is 11.2. The van der Waals surface area contributed by atoms with Gasteiger partial charge in [0.2, 0.25) is 0 Å². The number of anilines is 1. The average molecular weight is 208 g/mol. The van der Waals surface area contributed by atoms with Crippen LogP contribution in [0, 0.1) is 0 Å². The summed E-state index contributed by atoms with van der Waals surface area (Å²) in [6.07, 6.45) is 3.64. The summed E-state index contributed by atoms with van der Waals surface area (Å²) in [6, 6.07) is 1.96. The first-order valence-electron chi connectivity index (χ1n) is 4.52. The Morgan fingerprint density at radius 2 is 2.29 bits per heavy atom. The van der Waals surface area contributed by atoms with E-state index in [1.807, 2.05) is 18.3 Å². The van der Waals surface area contributed by atoms with Gasteiger partial charge in [0.1, 0.15) is 11.0 Å². The largest absolute Gasteiger partial charge is 0.301 e. The molecule has 3 nitrogen and oxygen atoms in total. The van der Waals surface area contributed by atoms with Crippen LogP contribution in [0.1, 0.15) is 31.0 Å². The first-order valence-corrected chi connectivity index (χ1v) is 5.73. The summed E-state index contributed by atoms with van der Waals surface area (Å²) < 4.78 is 14.1. The molecule has 1 unspecified atom stereocenters. The zero-order chi connectivity index (χ0) is 10.1. The van der Waals surface area contributed by atoms with Gasteiger partial charge < -0.3 is 4.72 Å². The molecule has 0 saturated carbocycles. The molecule has 74 valence electrons. The fraction of sp³-hybridized carbons (Fsp3) is 0.300. The Morgan fingerprint density at radius 3 is 3.00 bits per heavy atom. The van der Waals surface area contributed by atoms with Gasteiger partial charge in [-0.1, -0.05) is 13.8 Å². The quantitative estimate of drug-likeness (QED) is 0.769. The summed E-state index contributed by atoms with van der Waals surface area (Å²) in [4.78, 5) is 4.33. The molecule has 0 aromatic carbocycles. The number of hydrogen-bond donors (Lipinski definition) is 1. The van der Waals surface area contributed by atoms with Crippen molar-refractivity contribution >= 4 is 22.7 Å². The predicted molar refractivity (Wildman–Crippen MR) is 59.1 cm³/mol. The van der Waals surface area contributed by atoms with E-state index in [4.69, 9.17) is 0 Å². The van der Waals surface area contributed by atoms with Crippen LogP contribution in [0.5, 0.6) is 0 Å². The predicted octanol–water partition coefficient (Wildman–Crippen LogP) is 2.26. The van der Waals surface area contributed by atoms with Gasteiger partial charge in [-0.15, -0.1) is 0 Å². The lowest BCUT2D eigenvalue weighted by Gasteiger charge is -2.14. The highest BCUT2D eigenvalue weighted by atomic mass is 32.2. The van der Waals surface area contributed by atoms with Gasteiger partial charge in [-0.05, 0) is 18.1 Å². The highest BCUT2D eigenvalue weighted by Crippen LogP contribution is 2.24. The third-order valence-electron chi connectivity index (χ3n) is 2.13. The molecule has 1 aliphatic heterocycles. The summed E-state index contributed by atoms with van der Waals surface area (Å²) in [5.74, 6) is 0.390. The second-order valence-corrected chi connectivity index (χ2v) is 4.62. The molecule has 14 heavy (non-hydrogen) atoms. The fourth-order valence-electron chi connectivity index (χ4n) is 1.30. The molecule has 0 amide bonds. The molecule has 0 fully saturated rings. The number of rotatable bonds is 1. The summed E-state index contributed by atoms with van der Waals surface area (Å²) in [7, 11) is -1.08. The minimum atomic E-state index is -1.08. The molecule has 0 bridgehead atoms. The smallest absolute Gasteiger partial charge is 0.142 e. The van der Waals surface area contributed by atoms with Crippen LogP contribution in [0.4, 0.5) is 5.69 Å². The SMILES string of the molecule is CC(C)c1cc2c(cn1)C=CS(=O)N2. The van der Waals surface area contributed by atoms with Gasteiger partial charge in [-0.3, -0.25) is 4.98 Å². The lowest BCUT2D eigenvalue weighted by molar-refractivity contribution is 0.691. The second kappa shape index (κ2) is 3.53. The van der Waals surface area contributed by atoms with E-state index in [-0.39, 0.29) is 0 Å². The van der Waals surface area contributed by atoms with Crippen LogP contribution in [0.2, 0.25) is 0 Å². The number of fused-ring (bicyclic) bond motifs is 1. The van der Waals surface area contributed by atoms with Crippen molar-refractivity contribution in [1.29, 1.82) is 0 Å². The molecule has 4 heteroatoms. The summed E-state index contributed by atoms with van der Waals surface area (Å²) in [6.45, 7) is 4.18. The van der Waals surface area contributed by atoms with E-state index in [1.54, 1.807) is 5.41 Å². The molecule has 1 aromatic rings. The Kier molecular flexibility index (Phi) is 2.37. The van der Waals surface area contributed by atoms with E-state index in [9.17, 15) is 4.21 Å². The second-order valence-electron chi connectivity index (χ2n) is 3.55. The van der Waals surface area contributed by atoms with Crippen molar-refractivity contribution in [3.63, 3.8) is 0 Å². The minimum Gasteiger partial charge on any atom is -0.301 e. The minimum absolute atomic E-state index is 0.390. The standard InChI is InChI=1S/C10H12N2OS/c1-7(2)9-5-10-8(6-11-9)3-4-14(13)12-10/h3-7,12H,1-2H3. The monoisotopic (exact) mass is 208 g/mol. The number of pyridine rings is 1. The average Bonchev–Trinajstić information content (AvgIpc) is 2.16. The highest BCUT2D eigenvalue weighted by molar-refractivity contribution is 7.89. The Labute approximate surface area is 85.8 Å². The summed E-state index contributed by atoms with van der Waals surface area (Å²) >= 11 is 0. The van der Waals surface area contributed by atoms with Gasteiger partial charge in [0.15, 0.2) is 0 Å². The molecule has 0 aliphatic carbocycles. The lowest BCUT2D eigenvalue weighted by Crippen LogP contribution is -2.07. The van der Waals surface area contributed by atoms with Gasteiger partial charge in [0.25, 0.3) is 0 Å². The molecule has 2 rings (SSSR count). The van der Waals surface area contributed by atoms with Crippen LogP contribution in [0.15, 0.2) is 17.7 Å². The zero-order valence-corrected chi connectivity index (χ0v) is 8.97. The van der Waals surface area contributed by atoms with Crippen LogP contribution in [-0.2, 0) is 11.0 Å². The van der Waals surface area contributed by atoms with Crippen LogP contribution in [0.25, 0.3) is 6.08 Å². The van der Waals surface area contributed by atoms with Crippen LogP contribution in [-0.4, -0.2) is 9.19 Å².